The van der Waals surface area contributed by atoms with E-state index in [0.717, 1.165) is 44.0 Å². The molecule has 0 N–H and O–H groups in total. The Morgan fingerprint density at radius 2 is 1.88 bits per heavy atom. The van der Waals surface area contributed by atoms with Gasteiger partial charge in [0, 0.05) is 38.8 Å². The van der Waals surface area contributed by atoms with Crippen molar-refractivity contribution in [2.45, 2.75) is 22.6 Å². The third kappa shape index (κ3) is 4.09. The van der Waals surface area contributed by atoms with Gasteiger partial charge in [-0.25, -0.2) is 16.8 Å². The summed E-state index contributed by atoms with van der Waals surface area (Å²) in [5.41, 5.74) is 1.74. The van der Waals surface area contributed by atoms with Crippen molar-refractivity contribution in [3.05, 3.63) is 36.2 Å². The Kier molecular flexibility index (Phi) is 4.87. The number of hydrogen-bond donors (Lipinski definition) is 0. The molecule has 1 aliphatic rings. The SMILES string of the molecule is Cn1cc(CC2CCN(c3ccc(S(C)(=O)=O)cc3S(C)(=O)=O)C2)cn1. The topological polar surface area (TPSA) is 89.3 Å². The van der Waals surface area contributed by atoms with Gasteiger partial charge in [0.25, 0.3) is 0 Å². The van der Waals surface area contributed by atoms with Crippen LogP contribution in [0.5, 0.6) is 0 Å². The Morgan fingerprint density at radius 3 is 2.46 bits per heavy atom. The smallest absolute Gasteiger partial charge is 0.177 e. The molecule has 142 valence electrons. The summed E-state index contributed by atoms with van der Waals surface area (Å²) in [5.74, 6) is 0.404. The molecule has 7 nitrogen and oxygen atoms in total. The van der Waals surface area contributed by atoms with Gasteiger partial charge in [-0.1, -0.05) is 0 Å². The highest BCUT2D eigenvalue weighted by atomic mass is 32.2. The maximum absolute atomic E-state index is 12.2. The van der Waals surface area contributed by atoms with Crippen LogP contribution in [0.4, 0.5) is 5.69 Å². The average molecular weight is 398 g/mol. The van der Waals surface area contributed by atoms with Gasteiger partial charge in [0.15, 0.2) is 19.7 Å². The standard InChI is InChI=1S/C17H23N3O4S2/c1-19-11-14(10-18-19)8-13-6-7-20(12-13)16-5-4-15(25(2,21)22)9-17(16)26(3,23)24/h4-5,9-11,13H,6-8,12H2,1-3H3. The molecule has 1 aromatic carbocycles. The highest BCUT2D eigenvalue weighted by molar-refractivity contribution is 7.91. The molecule has 0 aliphatic carbocycles. The van der Waals surface area contributed by atoms with Crippen LogP contribution in [-0.4, -0.2) is 52.2 Å². The average Bonchev–Trinajstić information content (AvgIpc) is 3.14. The van der Waals surface area contributed by atoms with Gasteiger partial charge in [0.05, 0.1) is 21.7 Å². The predicted molar refractivity (Wildman–Crippen MR) is 99.9 cm³/mol. The largest absolute Gasteiger partial charge is 0.370 e. The minimum Gasteiger partial charge on any atom is -0.370 e. The van der Waals surface area contributed by atoms with E-state index in [9.17, 15) is 16.8 Å². The summed E-state index contributed by atoms with van der Waals surface area (Å²) in [5, 5.41) is 4.18. The molecule has 1 atom stereocenters. The highest BCUT2D eigenvalue weighted by Gasteiger charge is 2.28. The van der Waals surface area contributed by atoms with E-state index in [1.807, 2.05) is 24.3 Å². The molecular formula is C17H23N3O4S2. The molecule has 2 aromatic rings. The van der Waals surface area contributed by atoms with E-state index in [4.69, 9.17) is 0 Å². The van der Waals surface area contributed by atoms with Gasteiger partial charge < -0.3 is 4.90 Å². The molecule has 9 heteroatoms. The van der Waals surface area contributed by atoms with Gasteiger partial charge in [-0.05, 0) is 42.5 Å². The normalized spacial score (nSPS) is 18.4. The second-order valence-electron chi connectivity index (χ2n) is 7.00. The number of aryl methyl sites for hydroxylation is 1. The Bertz CT molecular complexity index is 1030. The summed E-state index contributed by atoms with van der Waals surface area (Å²) < 4.78 is 49.8. The number of hydrogen-bond acceptors (Lipinski definition) is 6. The van der Waals surface area contributed by atoms with Gasteiger partial charge in [0.1, 0.15) is 0 Å². The third-order valence-electron chi connectivity index (χ3n) is 4.67. The lowest BCUT2D eigenvalue weighted by Crippen LogP contribution is -2.22. The zero-order valence-corrected chi connectivity index (χ0v) is 16.7. The second-order valence-corrected chi connectivity index (χ2v) is 11.0. The van der Waals surface area contributed by atoms with Crippen molar-refractivity contribution in [2.24, 2.45) is 13.0 Å². The summed E-state index contributed by atoms with van der Waals surface area (Å²) in [6, 6.07) is 4.36. The van der Waals surface area contributed by atoms with Crippen LogP contribution in [0.3, 0.4) is 0 Å². The van der Waals surface area contributed by atoms with Crippen molar-refractivity contribution in [1.29, 1.82) is 0 Å². The minimum absolute atomic E-state index is 0.0211. The lowest BCUT2D eigenvalue weighted by atomic mass is 10.0. The number of sulfone groups is 2. The van der Waals surface area contributed by atoms with Gasteiger partial charge in [0.2, 0.25) is 0 Å². The van der Waals surface area contributed by atoms with E-state index in [0.29, 0.717) is 11.6 Å². The van der Waals surface area contributed by atoms with Gasteiger partial charge in [-0.3, -0.25) is 4.68 Å². The fourth-order valence-electron chi connectivity index (χ4n) is 3.41. The van der Waals surface area contributed by atoms with E-state index in [1.165, 1.54) is 12.1 Å². The number of benzene rings is 1. The zero-order chi connectivity index (χ0) is 19.1. The zero-order valence-electron chi connectivity index (χ0n) is 15.1. The summed E-state index contributed by atoms with van der Waals surface area (Å²) in [6.45, 7) is 1.47. The Balaban J connectivity index is 1.87. The Labute approximate surface area is 154 Å². The first-order valence-electron chi connectivity index (χ1n) is 8.30. The van der Waals surface area contributed by atoms with Crippen molar-refractivity contribution < 1.29 is 16.8 Å². The minimum atomic E-state index is -3.55. The van der Waals surface area contributed by atoms with Crippen LogP contribution in [0.2, 0.25) is 0 Å². The summed E-state index contributed by atoms with van der Waals surface area (Å²) >= 11 is 0. The van der Waals surface area contributed by atoms with Crippen LogP contribution in [-0.2, 0) is 33.1 Å². The summed E-state index contributed by atoms with van der Waals surface area (Å²) in [7, 11) is -5.13. The predicted octanol–water partition coefficient (Wildman–Crippen LogP) is 1.30. The number of anilines is 1. The van der Waals surface area contributed by atoms with Gasteiger partial charge >= 0.3 is 0 Å². The molecule has 0 bridgehead atoms. The molecule has 1 saturated heterocycles. The fraction of sp³-hybridized carbons (Fsp3) is 0.471. The molecule has 1 unspecified atom stereocenters. The molecule has 1 aliphatic heterocycles. The van der Waals surface area contributed by atoms with Gasteiger partial charge in [-0.2, -0.15) is 5.10 Å². The quantitative estimate of drug-likeness (QED) is 0.755. The first-order chi connectivity index (χ1) is 12.0. The first-order valence-corrected chi connectivity index (χ1v) is 12.1. The Hall–Kier alpha value is -1.87. The van der Waals surface area contributed by atoms with Crippen LogP contribution in [0, 0.1) is 5.92 Å². The molecule has 0 saturated carbocycles. The van der Waals surface area contributed by atoms with E-state index in [2.05, 4.69) is 5.10 Å². The summed E-state index contributed by atoms with van der Waals surface area (Å²) in [4.78, 5) is 2.12. The monoisotopic (exact) mass is 397 g/mol. The van der Waals surface area contributed by atoms with Crippen LogP contribution in [0.1, 0.15) is 12.0 Å². The first kappa shape index (κ1) is 18.9. The van der Waals surface area contributed by atoms with E-state index >= 15 is 0 Å². The molecular weight excluding hydrogens is 374 g/mol. The molecule has 0 radical (unpaired) electrons. The van der Waals surface area contributed by atoms with Crippen molar-refractivity contribution in [3.8, 4) is 0 Å². The lowest BCUT2D eigenvalue weighted by Gasteiger charge is -2.22. The van der Waals surface area contributed by atoms with E-state index < -0.39 is 19.7 Å². The van der Waals surface area contributed by atoms with E-state index in [-0.39, 0.29) is 9.79 Å². The molecule has 0 spiro atoms. The molecule has 26 heavy (non-hydrogen) atoms. The van der Waals surface area contributed by atoms with Crippen LogP contribution in [0.15, 0.2) is 40.4 Å². The van der Waals surface area contributed by atoms with Crippen molar-refractivity contribution in [3.63, 3.8) is 0 Å². The lowest BCUT2D eigenvalue weighted by molar-refractivity contribution is 0.585. The fourth-order valence-corrected chi connectivity index (χ4v) is 5.05. The highest BCUT2D eigenvalue weighted by Crippen LogP contribution is 2.33. The maximum atomic E-state index is 12.2. The second kappa shape index (κ2) is 6.70. The number of aromatic nitrogens is 2. The summed E-state index contributed by atoms with van der Waals surface area (Å²) in [6.07, 6.45) is 7.87. The van der Waals surface area contributed by atoms with Gasteiger partial charge in [-0.15, -0.1) is 0 Å². The van der Waals surface area contributed by atoms with Crippen LogP contribution < -0.4 is 4.90 Å². The van der Waals surface area contributed by atoms with Crippen molar-refractivity contribution in [1.82, 2.24) is 9.78 Å². The molecule has 3 rings (SSSR count). The molecule has 1 fully saturated rings. The number of rotatable bonds is 5. The number of nitrogens with zero attached hydrogens (tertiary/aromatic N) is 3. The maximum Gasteiger partial charge on any atom is 0.177 e. The van der Waals surface area contributed by atoms with Crippen LogP contribution >= 0.6 is 0 Å². The molecule has 0 amide bonds. The Morgan fingerprint density at radius 1 is 1.15 bits per heavy atom. The molecule has 1 aromatic heterocycles. The van der Waals surface area contributed by atoms with Crippen molar-refractivity contribution in [2.75, 3.05) is 30.5 Å². The molecule has 2 heterocycles. The third-order valence-corrected chi connectivity index (χ3v) is 6.90. The van der Waals surface area contributed by atoms with E-state index in [1.54, 1.807) is 10.7 Å². The van der Waals surface area contributed by atoms with Crippen molar-refractivity contribution >= 4 is 25.4 Å². The van der Waals surface area contributed by atoms with Crippen LogP contribution in [0.25, 0.3) is 0 Å².